The fraction of sp³-hybridized carbons (Fsp3) is 0.312. The lowest BCUT2D eigenvalue weighted by Crippen LogP contribution is -2.14. The van der Waals surface area contributed by atoms with Crippen LogP contribution in [0.1, 0.15) is 41.2 Å². The Morgan fingerprint density at radius 2 is 2.22 bits per heavy atom. The third-order valence-corrected chi connectivity index (χ3v) is 5.64. The van der Waals surface area contributed by atoms with E-state index in [4.69, 9.17) is 20.9 Å². The number of carbonyl (C=O) groups is 1. The maximum atomic E-state index is 11.7. The average molecular weight is 328 g/mol. The van der Waals surface area contributed by atoms with Gasteiger partial charge in [0.25, 0.3) is 5.91 Å². The number of thiophene rings is 1. The Labute approximate surface area is 136 Å². The molecule has 118 valence electrons. The summed E-state index contributed by atoms with van der Waals surface area (Å²) >= 11 is 1.24. The van der Waals surface area contributed by atoms with Crippen LogP contribution >= 0.6 is 11.3 Å². The predicted octanol–water partition coefficient (Wildman–Crippen LogP) is 2.86. The number of oxazole rings is 1. The van der Waals surface area contributed by atoms with E-state index in [1.165, 1.54) is 17.7 Å². The second-order valence-electron chi connectivity index (χ2n) is 6.46. The zero-order chi connectivity index (χ0) is 16.4. The molecule has 0 spiro atoms. The van der Waals surface area contributed by atoms with Gasteiger partial charge in [-0.3, -0.25) is 4.79 Å². The van der Waals surface area contributed by atoms with E-state index in [2.05, 4.69) is 18.8 Å². The smallest absolute Gasteiger partial charge is 0.260 e. The van der Waals surface area contributed by atoms with Gasteiger partial charge < -0.3 is 15.9 Å². The Morgan fingerprint density at radius 3 is 2.87 bits per heavy atom. The number of hydrogen-bond acceptors (Lipinski definition) is 6. The minimum absolute atomic E-state index is 0.0202. The van der Waals surface area contributed by atoms with E-state index in [9.17, 15) is 4.79 Å². The van der Waals surface area contributed by atoms with Crippen LogP contribution in [0.15, 0.2) is 17.1 Å². The first-order chi connectivity index (χ1) is 10.9. The van der Waals surface area contributed by atoms with Crippen LogP contribution in [0.5, 0.6) is 0 Å². The van der Waals surface area contributed by atoms with Gasteiger partial charge in [-0.15, -0.1) is 11.3 Å². The quantitative estimate of drug-likeness (QED) is 0.752. The summed E-state index contributed by atoms with van der Waals surface area (Å²) in [6, 6.07) is 0. The molecule has 0 saturated carbocycles. The molecule has 0 aromatic carbocycles. The SMILES string of the molecule is CC1(C)CCc2c1nc1sc(C(N)=O)c(N)c1c2-c1cocn1. The molecule has 0 atom stereocenters. The lowest BCUT2D eigenvalue weighted by molar-refractivity contribution is 0.100. The first kappa shape index (κ1) is 14.2. The fourth-order valence-corrected chi connectivity index (χ4v) is 4.31. The van der Waals surface area contributed by atoms with Crippen molar-refractivity contribution >= 4 is 33.1 Å². The lowest BCUT2D eigenvalue weighted by Gasteiger charge is -2.18. The van der Waals surface area contributed by atoms with Crippen molar-refractivity contribution in [3.8, 4) is 11.3 Å². The van der Waals surface area contributed by atoms with Gasteiger partial charge in [-0.05, 0) is 18.4 Å². The number of pyridine rings is 1. The number of hydrogen-bond donors (Lipinski definition) is 2. The standard InChI is InChI=1S/C16H16N4O2S/c1-16(2)4-3-7-9(8-5-22-6-19-8)10-11(17)12(14(18)21)23-15(10)20-13(7)16/h5-6H,3-4,17H2,1-2H3,(H2,18,21). The van der Waals surface area contributed by atoms with Gasteiger partial charge in [0.1, 0.15) is 21.7 Å². The van der Waals surface area contributed by atoms with Gasteiger partial charge in [0.2, 0.25) is 0 Å². The second-order valence-corrected chi connectivity index (χ2v) is 7.46. The van der Waals surface area contributed by atoms with E-state index in [1.54, 1.807) is 6.26 Å². The van der Waals surface area contributed by atoms with E-state index in [1.807, 2.05) is 0 Å². The molecule has 4 N–H and O–H groups in total. The molecule has 3 aromatic heterocycles. The van der Waals surface area contributed by atoms with Gasteiger partial charge in [-0.25, -0.2) is 9.97 Å². The van der Waals surface area contributed by atoms with Gasteiger partial charge >= 0.3 is 0 Å². The number of primary amides is 1. The van der Waals surface area contributed by atoms with E-state index in [-0.39, 0.29) is 5.41 Å². The van der Waals surface area contributed by atoms with Crippen molar-refractivity contribution in [1.29, 1.82) is 0 Å². The molecule has 1 amide bonds. The molecule has 3 aromatic rings. The van der Waals surface area contributed by atoms with Crippen molar-refractivity contribution in [3.63, 3.8) is 0 Å². The van der Waals surface area contributed by atoms with Crippen molar-refractivity contribution in [3.05, 3.63) is 28.8 Å². The molecular weight excluding hydrogens is 312 g/mol. The third kappa shape index (κ3) is 1.89. The Balaban J connectivity index is 2.17. The van der Waals surface area contributed by atoms with Gasteiger partial charge in [-0.1, -0.05) is 13.8 Å². The molecule has 4 rings (SSSR count). The van der Waals surface area contributed by atoms with Crippen LogP contribution in [0.25, 0.3) is 21.5 Å². The molecule has 0 radical (unpaired) electrons. The molecule has 7 heteroatoms. The molecule has 0 fully saturated rings. The maximum Gasteiger partial charge on any atom is 0.260 e. The maximum absolute atomic E-state index is 11.7. The molecule has 1 aliphatic rings. The summed E-state index contributed by atoms with van der Waals surface area (Å²) in [5.74, 6) is -0.531. The highest BCUT2D eigenvalue weighted by Gasteiger charge is 2.36. The van der Waals surface area contributed by atoms with Crippen molar-refractivity contribution in [2.24, 2.45) is 5.73 Å². The van der Waals surface area contributed by atoms with E-state index < -0.39 is 5.91 Å². The molecule has 0 aliphatic heterocycles. The molecule has 1 aliphatic carbocycles. The van der Waals surface area contributed by atoms with Crippen LogP contribution in [0, 0.1) is 0 Å². The topological polar surface area (TPSA) is 108 Å². The number of rotatable bonds is 2. The fourth-order valence-electron chi connectivity index (χ4n) is 3.35. The van der Waals surface area contributed by atoms with Crippen LogP contribution in [-0.4, -0.2) is 15.9 Å². The normalized spacial score (nSPS) is 15.9. The summed E-state index contributed by atoms with van der Waals surface area (Å²) in [6.07, 6.45) is 4.90. The van der Waals surface area contributed by atoms with E-state index in [0.717, 1.165) is 39.9 Å². The second kappa shape index (κ2) is 4.55. The zero-order valence-electron chi connectivity index (χ0n) is 12.8. The minimum atomic E-state index is -0.531. The van der Waals surface area contributed by atoms with Gasteiger partial charge in [-0.2, -0.15) is 0 Å². The van der Waals surface area contributed by atoms with E-state index >= 15 is 0 Å². The Morgan fingerprint density at radius 1 is 1.43 bits per heavy atom. The first-order valence-corrected chi connectivity index (χ1v) is 8.15. The van der Waals surface area contributed by atoms with Gasteiger partial charge in [0.15, 0.2) is 6.39 Å². The summed E-state index contributed by atoms with van der Waals surface area (Å²) in [5, 5.41) is 0.758. The largest absolute Gasteiger partial charge is 0.451 e. The number of nitrogens with two attached hydrogens (primary N) is 2. The highest BCUT2D eigenvalue weighted by Crippen LogP contribution is 2.47. The van der Waals surface area contributed by atoms with Crippen molar-refractivity contribution in [1.82, 2.24) is 9.97 Å². The molecule has 6 nitrogen and oxygen atoms in total. The average Bonchev–Trinajstić information content (AvgIpc) is 3.18. The Bertz CT molecular complexity index is 941. The van der Waals surface area contributed by atoms with Crippen LogP contribution in [0.3, 0.4) is 0 Å². The van der Waals surface area contributed by atoms with Crippen LogP contribution in [0.2, 0.25) is 0 Å². The number of nitrogens with zero attached hydrogens (tertiary/aromatic N) is 2. The van der Waals surface area contributed by atoms with Gasteiger partial charge in [0.05, 0.1) is 11.4 Å². The van der Waals surface area contributed by atoms with Crippen LogP contribution in [-0.2, 0) is 11.8 Å². The highest BCUT2D eigenvalue weighted by atomic mass is 32.1. The number of carbonyl (C=O) groups excluding carboxylic acids is 1. The summed E-state index contributed by atoms with van der Waals surface area (Å²) in [4.78, 5) is 21.8. The Hall–Kier alpha value is -2.41. The number of anilines is 1. The van der Waals surface area contributed by atoms with Crippen molar-refractivity contribution < 1.29 is 9.21 Å². The van der Waals surface area contributed by atoms with Gasteiger partial charge in [0, 0.05) is 16.4 Å². The third-order valence-electron chi connectivity index (χ3n) is 4.53. The molecule has 0 bridgehead atoms. The number of amides is 1. The minimum Gasteiger partial charge on any atom is -0.451 e. The van der Waals surface area contributed by atoms with E-state index in [0.29, 0.717) is 16.3 Å². The van der Waals surface area contributed by atoms with Crippen molar-refractivity contribution in [2.75, 3.05) is 5.73 Å². The van der Waals surface area contributed by atoms with Crippen molar-refractivity contribution in [2.45, 2.75) is 32.1 Å². The monoisotopic (exact) mass is 328 g/mol. The summed E-state index contributed by atoms with van der Waals surface area (Å²) in [7, 11) is 0. The number of nitrogen functional groups attached to an aromatic ring is 1. The zero-order valence-corrected chi connectivity index (χ0v) is 13.7. The molecule has 0 saturated heterocycles. The summed E-state index contributed by atoms with van der Waals surface area (Å²) in [6.45, 7) is 4.35. The molecule has 3 heterocycles. The number of aromatic nitrogens is 2. The number of fused-ring (bicyclic) bond motifs is 2. The van der Waals surface area contributed by atoms with Crippen LogP contribution in [0.4, 0.5) is 5.69 Å². The predicted molar refractivity (Wildman–Crippen MR) is 89.4 cm³/mol. The molecular formula is C16H16N4O2S. The lowest BCUT2D eigenvalue weighted by atomic mass is 9.89. The highest BCUT2D eigenvalue weighted by molar-refractivity contribution is 7.21. The first-order valence-electron chi connectivity index (χ1n) is 7.34. The Kier molecular flexibility index (Phi) is 2.81. The summed E-state index contributed by atoms with van der Waals surface area (Å²) in [5.41, 5.74) is 15.9. The van der Waals surface area contributed by atoms with Crippen LogP contribution < -0.4 is 11.5 Å². The molecule has 23 heavy (non-hydrogen) atoms. The summed E-state index contributed by atoms with van der Waals surface area (Å²) < 4.78 is 5.16. The molecule has 0 unspecified atom stereocenters.